The molecule has 0 aliphatic carbocycles. The second-order valence-corrected chi connectivity index (χ2v) is 8.54. The van der Waals surface area contributed by atoms with Gasteiger partial charge in [0.25, 0.3) is 0 Å². The molecule has 11 heteroatoms. The maximum Gasteiger partial charge on any atom is 0.418 e. The van der Waals surface area contributed by atoms with Crippen molar-refractivity contribution in [3.05, 3.63) is 54.5 Å². The van der Waals surface area contributed by atoms with E-state index in [-0.39, 0.29) is 22.5 Å². The van der Waals surface area contributed by atoms with E-state index in [0.29, 0.717) is 30.7 Å². The van der Waals surface area contributed by atoms with Gasteiger partial charge in [0.05, 0.1) is 34.8 Å². The number of aliphatic hydroxyl groups is 1. The Hall–Kier alpha value is -3.83. The van der Waals surface area contributed by atoms with Gasteiger partial charge in [-0.2, -0.15) is 13.2 Å². The highest BCUT2D eigenvalue weighted by Crippen LogP contribution is 2.39. The summed E-state index contributed by atoms with van der Waals surface area (Å²) in [6, 6.07) is 8.94. The predicted molar refractivity (Wildman–Crippen MR) is 126 cm³/mol. The third-order valence-electron chi connectivity index (χ3n) is 6.33. The Morgan fingerprint density at radius 2 is 1.91 bits per heavy atom. The second-order valence-electron chi connectivity index (χ2n) is 8.54. The van der Waals surface area contributed by atoms with Crippen LogP contribution in [-0.4, -0.2) is 55.3 Å². The summed E-state index contributed by atoms with van der Waals surface area (Å²) in [5.41, 5.74) is 1.25. The Morgan fingerprint density at radius 1 is 1.06 bits per heavy atom. The number of halogens is 3. The average molecular weight is 479 g/mol. The van der Waals surface area contributed by atoms with E-state index in [0.717, 1.165) is 22.5 Å². The molecule has 178 valence electrons. The molecular formula is C24H20F3N7O. The van der Waals surface area contributed by atoms with Crippen molar-refractivity contribution in [1.29, 1.82) is 0 Å². The minimum atomic E-state index is -4.65. The van der Waals surface area contributed by atoms with Crippen molar-refractivity contribution in [2.24, 2.45) is 0 Å². The lowest BCUT2D eigenvalue weighted by Crippen LogP contribution is -2.47. The fourth-order valence-electron chi connectivity index (χ4n) is 4.66. The SMILES string of the molecule is OC1CNCCC1Nc1nc(-c2ccnc3[nH]c4ccccc4c23)nc2cncc(C(F)(F)F)c12. The lowest BCUT2D eigenvalue weighted by Gasteiger charge is -2.30. The van der Waals surface area contributed by atoms with Crippen LogP contribution in [0, 0.1) is 0 Å². The molecule has 0 bridgehead atoms. The molecule has 4 aromatic heterocycles. The summed E-state index contributed by atoms with van der Waals surface area (Å²) >= 11 is 0. The summed E-state index contributed by atoms with van der Waals surface area (Å²) in [7, 11) is 0. The third-order valence-corrected chi connectivity index (χ3v) is 6.33. The number of aliphatic hydroxyl groups excluding tert-OH is 1. The van der Waals surface area contributed by atoms with Gasteiger partial charge in [-0.3, -0.25) is 4.98 Å². The lowest BCUT2D eigenvalue weighted by molar-refractivity contribution is -0.136. The number of rotatable bonds is 3. The second kappa shape index (κ2) is 8.14. The molecule has 0 radical (unpaired) electrons. The van der Waals surface area contributed by atoms with E-state index < -0.39 is 23.9 Å². The largest absolute Gasteiger partial charge is 0.418 e. The zero-order valence-electron chi connectivity index (χ0n) is 18.3. The van der Waals surface area contributed by atoms with Crippen molar-refractivity contribution < 1.29 is 18.3 Å². The van der Waals surface area contributed by atoms with Crippen LogP contribution in [-0.2, 0) is 6.18 Å². The first-order chi connectivity index (χ1) is 16.9. The number of alkyl halides is 3. The van der Waals surface area contributed by atoms with Gasteiger partial charge < -0.3 is 20.7 Å². The van der Waals surface area contributed by atoms with Crippen LogP contribution in [0.1, 0.15) is 12.0 Å². The van der Waals surface area contributed by atoms with E-state index in [2.05, 4.69) is 35.6 Å². The highest BCUT2D eigenvalue weighted by Gasteiger charge is 2.36. The van der Waals surface area contributed by atoms with Crippen LogP contribution in [0.5, 0.6) is 0 Å². The molecule has 1 aliphatic rings. The van der Waals surface area contributed by atoms with Crippen molar-refractivity contribution in [3.63, 3.8) is 0 Å². The Balaban J connectivity index is 1.61. The quantitative estimate of drug-likeness (QED) is 0.311. The monoisotopic (exact) mass is 479 g/mol. The first-order valence-corrected chi connectivity index (χ1v) is 11.1. The van der Waals surface area contributed by atoms with Crippen molar-refractivity contribution in [3.8, 4) is 11.4 Å². The third kappa shape index (κ3) is 3.72. The molecule has 8 nitrogen and oxygen atoms in total. The van der Waals surface area contributed by atoms with Gasteiger partial charge in [0.2, 0.25) is 0 Å². The molecule has 0 amide bonds. The van der Waals surface area contributed by atoms with Crippen molar-refractivity contribution in [2.75, 3.05) is 18.4 Å². The van der Waals surface area contributed by atoms with E-state index in [1.807, 2.05) is 24.3 Å². The van der Waals surface area contributed by atoms with Crippen molar-refractivity contribution in [2.45, 2.75) is 24.7 Å². The van der Waals surface area contributed by atoms with Gasteiger partial charge in [-0.1, -0.05) is 18.2 Å². The maximum atomic E-state index is 13.9. The van der Waals surface area contributed by atoms with Crippen LogP contribution in [0.2, 0.25) is 0 Å². The van der Waals surface area contributed by atoms with E-state index >= 15 is 0 Å². The molecule has 2 unspecified atom stereocenters. The number of H-pyrrole nitrogens is 1. The van der Waals surface area contributed by atoms with Crippen LogP contribution in [0.3, 0.4) is 0 Å². The van der Waals surface area contributed by atoms with Gasteiger partial charge >= 0.3 is 6.18 Å². The first kappa shape index (κ1) is 21.7. The number of fused-ring (bicyclic) bond motifs is 4. The number of para-hydroxylation sites is 1. The summed E-state index contributed by atoms with van der Waals surface area (Å²) in [5, 5.41) is 18.1. The molecule has 1 aromatic carbocycles. The molecule has 6 rings (SSSR count). The zero-order valence-corrected chi connectivity index (χ0v) is 18.3. The number of β-amino-alcohol motifs (C(OH)–C–C–N with tert-alkyl or cyclic N) is 1. The van der Waals surface area contributed by atoms with Gasteiger partial charge in [-0.25, -0.2) is 15.0 Å². The fourth-order valence-corrected chi connectivity index (χ4v) is 4.66. The Kier molecular flexibility index (Phi) is 5.04. The summed E-state index contributed by atoms with van der Waals surface area (Å²) in [6.07, 6.45) is -1.23. The lowest BCUT2D eigenvalue weighted by atomic mass is 10.0. The number of hydrogen-bond acceptors (Lipinski definition) is 7. The fraction of sp³-hybridized carbons (Fsp3) is 0.250. The van der Waals surface area contributed by atoms with E-state index in [1.165, 1.54) is 6.20 Å². The number of piperidine rings is 1. The first-order valence-electron chi connectivity index (χ1n) is 11.1. The number of pyridine rings is 2. The number of benzene rings is 1. The molecule has 0 saturated carbocycles. The standard InChI is InChI=1S/C24H20F3N7O/c25-24(26,27)14-9-29-10-17-20(14)23(32-16-6-7-28-11-18(16)35)34-21(33-17)13-5-8-30-22-19(13)12-3-1-2-4-15(12)31-22/h1-5,8-10,16,18,28,35H,6-7,11H2,(H,30,31)(H,32,33,34). The van der Waals surface area contributed by atoms with Gasteiger partial charge in [0.15, 0.2) is 5.82 Å². The minimum Gasteiger partial charge on any atom is -0.390 e. The van der Waals surface area contributed by atoms with Crippen molar-refractivity contribution >= 4 is 38.7 Å². The van der Waals surface area contributed by atoms with E-state index in [4.69, 9.17) is 0 Å². The number of aromatic nitrogens is 5. The number of nitrogens with zero attached hydrogens (tertiary/aromatic N) is 4. The Bertz CT molecular complexity index is 1570. The number of aromatic amines is 1. The molecule has 1 aliphatic heterocycles. The van der Waals surface area contributed by atoms with Crippen molar-refractivity contribution in [1.82, 2.24) is 30.2 Å². The summed E-state index contributed by atoms with van der Waals surface area (Å²) in [4.78, 5) is 20.6. The Morgan fingerprint density at radius 3 is 2.74 bits per heavy atom. The zero-order chi connectivity index (χ0) is 24.2. The molecule has 1 saturated heterocycles. The summed E-state index contributed by atoms with van der Waals surface area (Å²) < 4.78 is 41.8. The number of nitrogens with one attached hydrogen (secondary N) is 3. The van der Waals surface area contributed by atoms with Crippen LogP contribution < -0.4 is 10.6 Å². The molecule has 1 fully saturated rings. The van der Waals surface area contributed by atoms with Crippen LogP contribution >= 0.6 is 0 Å². The van der Waals surface area contributed by atoms with Gasteiger partial charge in [0.1, 0.15) is 11.5 Å². The molecule has 0 spiro atoms. The van der Waals surface area contributed by atoms with Gasteiger partial charge in [-0.05, 0) is 25.1 Å². The van der Waals surface area contributed by atoms with Crippen LogP contribution in [0.25, 0.3) is 44.2 Å². The Labute approximate surface area is 196 Å². The average Bonchev–Trinajstić information content (AvgIpc) is 3.23. The number of anilines is 1. The summed E-state index contributed by atoms with van der Waals surface area (Å²) in [5.74, 6) is 0.247. The predicted octanol–water partition coefficient (Wildman–Crippen LogP) is 3.87. The molecule has 5 heterocycles. The van der Waals surface area contributed by atoms with Gasteiger partial charge in [0, 0.05) is 40.8 Å². The van der Waals surface area contributed by atoms with Crippen LogP contribution in [0.4, 0.5) is 19.0 Å². The highest BCUT2D eigenvalue weighted by molar-refractivity contribution is 6.12. The van der Waals surface area contributed by atoms with E-state index in [1.54, 1.807) is 12.3 Å². The molecular weight excluding hydrogens is 459 g/mol. The minimum absolute atomic E-state index is 0.00970. The topological polar surface area (TPSA) is 112 Å². The summed E-state index contributed by atoms with van der Waals surface area (Å²) in [6.45, 7) is 0.958. The maximum absolute atomic E-state index is 13.9. The smallest absolute Gasteiger partial charge is 0.390 e. The van der Waals surface area contributed by atoms with Crippen LogP contribution in [0.15, 0.2) is 48.9 Å². The normalized spacial score (nSPS) is 19.0. The molecule has 4 N–H and O–H groups in total. The molecule has 2 atom stereocenters. The molecule has 35 heavy (non-hydrogen) atoms. The van der Waals surface area contributed by atoms with E-state index in [9.17, 15) is 18.3 Å². The highest BCUT2D eigenvalue weighted by atomic mass is 19.4. The number of hydrogen-bond donors (Lipinski definition) is 4. The molecule has 5 aromatic rings. The van der Waals surface area contributed by atoms with Gasteiger partial charge in [-0.15, -0.1) is 0 Å².